The van der Waals surface area contributed by atoms with Crippen LogP contribution in [-0.4, -0.2) is 60.2 Å². The van der Waals surface area contributed by atoms with Gasteiger partial charge < -0.3 is 9.63 Å². The first kappa shape index (κ1) is 20.1. The van der Waals surface area contributed by atoms with E-state index in [-0.39, 0.29) is 32.0 Å². The molecule has 1 atom stereocenters. The second-order valence-corrected chi connectivity index (χ2v) is 9.95. The molecule has 4 N–H and O–H groups in total. The molecule has 1 aliphatic heterocycles. The average Bonchev–Trinajstić information content (AvgIpc) is 3.16. The molecule has 0 aliphatic carbocycles. The fraction of sp³-hybridized carbons (Fsp3) is 0.733. The third-order valence-electron chi connectivity index (χ3n) is 4.52. The first-order valence-corrected chi connectivity index (χ1v) is 9.48. The molecule has 1 amide bonds. The highest BCUT2D eigenvalue weighted by Gasteiger charge is 2.47. The fourth-order valence-electron chi connectivity index (χ4n) is 2.36. The minimum atomic E-state index is -3.54. The van der Waals surface area contributed by atoms with Gasteiger partial charge >= 0.3 is 0 Å². The Bertz CT molecular complexity index is 634. The summed E-state index contributed by atoms with van der Waals surface area (Å²) < 4.78 is 39.2. The number of anilines is 1. The lowest BCUT2D eigenvalue weighted by Crippen LogP contribution is -2.47. The molecule has 0 aromatic carbocycles. The van der Waals surface area contributed by atoms with Crippen LogP contribution in [0.4, 0.5) is 10.3 Å². The van der Waals surface area contributed by atoms with Crippen LogP contribution in [0, 0.1) is 0 Å². The summed E-state index contributed by atoms with van der Waals surface area (Å²) in [5.74, 6) is -0.645. The Labute approximate surface area is 147 Å². The van der Waals surface area contributed by atoms with Crippen LogP contribution < -0.4 is 5.32 Å². The van der Waals surface area contributed by atoms with Crippen molar-refractivity contribution in [1.29, 1.82) is 0 Å². The van der Waals surface area contributed by atoms with Gasteiger partial charge in [-0.15, -0.1) is 10.8 Å². The zero-order valence-corrected chi connectivity index (χ0v) is 15.6. The zero-order valence-electron chi connectivity index (χ0n) is 14.8. The number of halogens is 1. The minimum Gasteiger partial charge on any atom is -0.395 e. The number of amides is 1. The van der Waals surface area contributed by atoms with E-state index in [0.717, 1.165) is 0 Å². The number of carbonyl (C=O) groups is 1. The molecule has 10 heteroatoms. The smallest absolute Gasteiger partial charge is 0.253 e. The van der Waals surface area contributed by atoms with Crippen molar-refractivity contribution in [2.45, 2.75) is 50.4 Å². The SMILES string of the molecule is CC(C)(CO)c1cc(NC(=O)C(C)(C)S(O)(O)N2CC[C@@H](F)C2)on1. The van der Waals surface area contributed by atoms with E-state index in [2.05, 4.69) is 10.5 Å². The monoisotopic (exact) mass is 379 g/mol. The lowest BCUT2D eigenvalue weighted by atomic mass is 9.91. The number of aliphatic hydroxyl groups excluding tert-OH is 1. The van der Waals surface area contributed by atoms with E-state index in [4.69, 9.17) is 4.52 Å². The van der Waals surface area contributed by atoms with E-state index in [1.54, 1.807) is 13.8 Å². The van der Waals surface area contributed by atoms with E-state index in [1.807, 2.05) is 0 Å². The molecule has 2 rings (SSSR count). The maximum atomic E-state index is 13.4. The van der Waals surface area contributed by atoms with Crippen molar-refractivity contribution in [3.8, 4) is 0 Å². The quantitative estimate of drug-likeness (QED) is 0.599. The number of aromatic nitrogens is 1. The molecule has 1 aliphatic rings. The number of hydrogen-bond donors (Lipinski definition) is 4. The molecule has 1 saturated heterocycles. The number of alkyl halides is 1. The summed E-state index contributed by atoms with van der Waals surface area (Å²) in [6.45, 7) is 6.21. The topological polar surface area (TPSA) is 119 Å². The van der Waals surface area contributed by atoms with Crippen molar-refractivity contribution in [3.63, 3.8) is 0 Å². The summed E-state index contributed by atoms with van der Waals surface area (Å²) >= 11 is 0. The van der Waals surface area contributed by atoms with Crippen LogP contribution in [0.15, 0.2) is 10.6 Å². The lowest BCUT2D eigenvalue weighted by Gasteiger charge is -2.50. The van der Waals surface area contributed by atoms with Crippen LogP contribution >= 0.6 is 10.8 Å². The number of nitrogens with zero attached hydrogens (tertiary/aromatic N) is 2. The predicted octanol–water partition coefficient (Wildman–Crippen LogP) is 2.37. The molecule has 0 unspecified atom stereocenters. The van der Waals surface area contributed by atoms with E-state index in [0.29, 0.717) is 5.69 Å². The van der Waals surface area contributed by atoms with Crippen LogP contribution in [0.5, 0.6) is 0 Å². The molecule has 25 heavy (non-hydrogen) atoms. The maximum Gasteiger partial charge on any atom is 0.253 e. The zero-order chi connectivity index (χ0) is 19.0. The second-order valence-electron chi connectivity index (χ2n) is 7.38. The Morgan fingerprint density at radius 3 is 2.64 bits per heavy atom. The van der Waals surface area contributed by atoms with Crippen LogP contribution in [0.1, 0.15) is 39.8 Å². The average molecular weight is 379 g/mol. The number of hydrogen-bond acceptors (Lipinski definition) is 7. The van der Waals surface area contributed by atoms with Crippen molar-refractivity contribution in [3.05, 3.63) is 11.8 Å². The molecule has 0 saturated carbocycles. The number of aliphatic hydroxyl groups is 1. The Morgan fingerprint density at radius 1 is 1.48 bits per heavy atom. The van der Waals surface area contributed by atoms with Crippen LogP contribution in [0.3, 0.4) is 0 Å². The molecule has 2 heterocycles. The van der Waals surface area contributed by atoms with Gasteiger partial charge in [0.25, 0.3) is 5.91 Å². The van der Waals surface area contributed by atoms with Crippen molar-refractivity contribution in [2.24, 2.45) is 0 Å². The van der Waals surface area contributed by atoms with E-state index < -0.39 is 33.0 Å². The summed E-state index contributed by atoms with van der Waals surface area (Å²) in [4.78, 5) is 12.6. The minimum absolute atomic E-state index is 0.0367. The molecule has 0 radical (unpaired) electrons. The van der Waals surface area contributed by atoms with Crippen molar-refractivity contribution < 1.29 is 27.9 Å². The highest BCUT2D eigenvalue weighted by atomic mass is 32.3. The molecule has 8 nitrogen and oxygen atoms in total. The molecule has 144 valence electrons. The third kappa shape index (κ3) is 3.82. The van der Waals surface area contributed by atoms with Gasteiger partial charge in [0, 0.05) is 24.6 Å². The molecule has 1 fully saturated rings. The van der Waals surface area contributed by atoms with E-state index >= 15 is 0 Å². The lowest BCUT2D eigenvalue weighted by molar-refractivity contribution is -0.118. The largest absolute Gasteiger partial charge is 0.395 e. The molecule has 1 aromatic heterocycles. The van der Waals surface area contributed by atoms with Crippen molar-refractivity contribution >= 4 is 22.6 Å². The normalized spacial score (nSPS) is 20.7. The first-order valence-electron chi connectivity index (χ1n) is 7.98. The van der Waals surface area contributed by atoms with Gasteiger partial charge in [0.05, 0.1) is 12.3 Å². The molecular weight excluding hydrogens is 353 g/mol. The maximum absolute atomic E-state index is 13.4. The van der Waals surface area contributed by atoms with Gasteiger partial charge in [0.1, 0.15) is 10.9 Å². The summed E-state index contributed by atoms with van der Waals surface area (Å²) in [5.41, 5.74) is -0.189. The van der Waals surface area contributed by atoms with Gasteiger partial charge in [0.15, 0.2) is 0 Å². The highest BCUT2D eigenvalue weighted by Crippen LogP contribution is 2.56. The van der Waals surface area contributed by atoms with Crippen molar-refractivity contribution in [1.82, 2.24) is 9.46 Å². The molecule has 0 bridgehead atoms. The van der Waals surface area contributed by atoms with Crippen molar-refractivity contribution in [2.75, 3.05) is 25.0 Å². The summed E-state index contributed by atoms with van der Waals surface area (Å²) in [6.07, 6.45) is -0.933. The number of nitrogens with one attached hydrogen (secondary N) is 1. The summed E-state index contributed by atoms with van der Waals surface area (Å²) in [6, 6.07) is 1.48. The second kappa shape index (κ2) is 6.84. The van der Waals surface area contributed by atoms with Gasteiger partial charge in [-0.25, -0.2) is 8.70 Å². The molecule has 1 aromatic rings. The predicted molar refractivity (Wildman–Crippen MR) is 93.3 cm³/mol. The van der Waals surface area contributed by atoms with Gasteiger partial charge in [-0.05, 0) is 20.3 Å². The first-order chi connectivity index (χ1) is 11.4. The van der Waals surface area contributed by atoms with Crippen LogP contribution in [0.2, 0.25) is 0 Å². The molecular formula is C15H26FN3O5S. The number of carbonyl (C=O) groups excluding carboxylic acids is 1. The number of rotatable bonds is 6. The third-order valence-corrected chi connectivity index (χ3v) is 7.13. The standard InChI is InChI=1S/C15H26FN3O5S/c1-14(2,9-20)11-7-12(24-18-11)17-13(21)15(3,4)25(22,23)19-6-5-10(16)8-19/h7,10,20,22-23H,5-6,8-9H2,1-4H3,(H,17,21)/t10-/m1/s1. The van der Waals surface area contributed by atoms with Gasteiger partial charge in [0.2, 0.25) is 5.88 Å². The van der Waals surface area contributed by atoms with Gasteiger partial charge in [-0.1, -0.05) is 19.0 Å². The summed E-state index contributed by atoms with van der Waals surface area (Å²) in [7, 11) is -3.54. The van der Waals surface area contributed by atoms with Crippen LogP contribution in [-0.2, 0) is 10.2 Å². The highest BCUT2D eigenvalue weighted by molar-refractivity contribution is 8.24. The van der Waals surface area contributed by atoms with E-state index in [9.17, 15) is 23.4 Å². The van der Waals surface area contributed by atoms with Gasteiger partial charge in [-0.2, -0.15) is 0 Å². The Balaban J connectivity index is 2.13. The van der Waals surface area contributed by atoms with Crippen LogP contribution in [0.25, 0.3) is 0 Å². The van der Waals surface area contributed by atoms with Gasteiger partial charge in [-0.3, -0.25) is 19.2 Å². The summed E-state index contributed by atoms with van der Waals surface area (Å²) in [5, 5.41) is 15.6. The Morgan fingerprint density at radius 2 is 2.12 bits per heavy atom. The fourth-order valence-corrected chi connectivity index (χ4v) is 4.04. The van der Waals surface area contributed by atoms with E-state index in [1.165, 1.54) is 24.2 Å². The Hall–Kier alpha value is -1.20. The molecule has 0 spiro atoms. The Kier molecular flexibility index (Phi) is 5.50.